The maximum atomic E-state index is 4.86. The normalized spacial score (nSPS) is 16.2. The van der Waals surface area contributed by atoms with Crippen molar-refractivity contribution in [1.82, 2.24) is 15.0 Å². The molecule has 1 aliphatic heterocycles. The van der Waals surface area contributed by atoms with E-state index in [1.54, 1.807) is 0 Å². The van der Waals surface area contributed by atoms with Crippen molar-refractivity contribution in [3.8, 4) is 11.3 Å². The Morgan fingerprint density at radius 3 is 2.74 bits per heavy atom. The predicted octanol–water partition coefficient (Wildman–Crippen LogP) is 2.48. The predicted molar refractivity (Wildman–Crippen MR) is 93.2 cm³/mol. The fraction of sp³-hybridized carbons (Fsp3) is 0.500. The summed E-state index contributed by atoms with van der Waals surface area (Å²) < 4.78 is 0. The van der Waals surface area contributed by atoms with Crippen LogP contribution in [0, 0.1) is 0 Å². The van der Waals surface area contributed by atoms with Gasteiger partial charge in [0.25, 0.3) is 0 Å². The smallest absolute Gasteiger partial charge is 0.225 e. The molecule has 2 aromatic rings. The molecule has 0 spiro atoms. The van der Waals surface area contributed by atoms with Gasteiger partial charge in [-0.2, -0.15) is 0 Å². The van der Waals surface area contributed by atoms with Gasteiger partial charge in [0.2, 0.25) is 5.95 Å². The first-order valence-corrected chi connectivity index (χ1v) is 8.41. The van der Waals surface area contributed by atoms with Crippen molar-refractivity contribution in [3.05, 3.63) is 29.1 Å². The number of likely N-dealkylation sites (N-methyl/N-ethyl adjacent to an activating group) is 1. The molecule has 2 aliphatic rings. The topological polar surface area (TPSA) is 45.2 Å². The number of rotatable bonds is 2. The molecule has 5 heteroatoms. The number of fused-ring (bicyclic) bond motifs is 2. The molecule has 0 bridgehead atoms. The van der Waals surface area contributed by atoms with Crippen LogP contribution < -0.4 is 9.80 Å². The van der Waals surface area contributed by atoms with E-state index in [4.69, 9.17) is 15.0 Å². The molecule has 0 fully saturated rings. The molecule has 0 atom stereocenters. The van der Waals surface area contributed by atoms with E-state index in [0.717, 1.165) is 48.8 Å². The van der Waals surface area contributed by atoms with Crippen LogP contribution in [0.3, 0.4) is 0 Å². The van der Waals surface area contributed by atoms with Crippen LogP contribution in [-0.2, 0) is 19.3 Å². The van der Waals surface area contributed by atoms with Crippen LogP contribution in [0.25, 0.3) is 11.3 Å². The van der Waals surface area contributed by atoms with Crippen molar-refractivity contribution in [1.29, 1.82) is 0 Å². The molecule has 0 radical (unpaired) electrons. The third kappa shape index (κ3) is 2.44. The van der Waals surface area contributed by atoms with Gasteiger partial charge < -0.3 is 9.80 Å². The molecule has 0 amide bonds. The third-order valence-corrected chi connectivity index (χ3v) is 4.87. The first-order chi connectivity index (χ1) is 11.1. The Balaban J connectivity index is 1.86. The summed E-state index contributed by atoms with van der Waals surface area (Å²) in [5.41, 5.74) is 6.11. The molecule has 23 heavy (non-hydrogen) atoms. The summed E-state index contributed by atoms with van der Waals surface area (Å²) >= 11 is 0. The second kappa shape index (κ2) is 5.48. The largest absolute Gasteiger partial charge is 0.359 e. The number of pyridine rings is 1. The highest BCUT2D eigenvalue weighted by molar-refractivity contribution is 5.69. The van der Waals surface area contributed by atoms with Gasteiger partial charge in [0, 0.05) is 50.7 Å². The maximum Gasteiger partial charge on any atom is 0.225 e. The lowest BCUT2D eigenvalue weighted by Gasteiger charge is -2.21. The second-order valence-corrected chi connectivity index (χ2v) is 6.78. The number of anilines is 2. The molecule has 3 heterocycles. The fourth-order valence-electron chi connectivity index (χ4n) is 3.57. The molecule has 0 N–H and O–H groups in total. The average molecular weight is 309 g/mol. The molecule has 2 aromatic heterocycles. The zero-order valence-corrected chi connectivity index (χ0v) is 14.1. The molecule has 0 saturated carbocycles. The van der Waals surface area contributed by atoms with E-state index >= 15 is 0 Å². The van der Waals surface area contributed by atoms with E-state index in [2.05, 4.69) is 18.0 Å². The Bertz CT molecular complexity index is 753. The number of hydrogen-bond donors (Lipinski definition) is 0. The van der Waals surface area contributed by atoms with Crippen LogP contribution in [0.15, 0.2) is 12.3 Å². The third-order valence-electron chi connectivity index (χ3n) is 4.87. The zero-order chi connectivity index (χ0) is 16.0. The summed E-state index contributed by atoms with van der Waals surface area (Å²) in [4.78, 5) is 18.5. The lowest BCUT2D eigenvalue weighted by Crippen LogP contribution is -2.18. The standard InChI is InChI=1S/C18H23N5/c1-22(2)18-20-15-7-5-4-6-14(15)16(21-18)13-10-12-8-9-23(3)17(12)19-11-13/h10-11H,4-9H2,1-3H3. The summed E-state index contributed by atoms with van der Waals surface area (Å²) in [5.74, 6) is 1.92. The number of aromatic nitrogens is 3. The SMILES string of the molecule is CN(C)c1nc2c(c(-c3cnc4c(c3)CCN4C)n1)CCCC2. The van der Waals surface area contributed by atoms with E-state index in [-0.39, 0.29) is 0 Å². The zero-order valence-electron chi connectivity index (χ0n) is 14.1. The Morgan fingerprint density at radius 1 is 1.09 bits per heavy atom. The van der Waals surface area contributed by atoms with Crippen molar-refractivity contribution < 1.29 is 0 Å². The minimum absolute atomic E-state index is 0.804. The highest BCUT2D eigenvalue weighted by Crippen LogP contribution is 2.33. The van der Waals surface area contributed by atoms with Crippen LogP contribution in [0.2, 0.25) is 0 Å². The molecule has 0 saturated heterocycles. The molecule has 120 valence electrons. The summed E-state index contributed by atoms with van der Waals surface area (Å²) in [7, 11) is 6.11. The number of aryl methyl sites for hydroxylation is 1. The Hall–Kier alpha value is -2.17. The van der Waals surface area contributed by atoms with Gasteiger partial charge in [-0.15, -0.1) is 0 Å². The molecular weight excluding hydrogens is 286 g/mol. The molecule has 0 aromatic carbocycles. The quantitative estimate of drug-likeness (QED) is 0.853. The van der Waals surface area contributed by atoms with Gasteiger partial charge in [-0.25, -0.2) is 15.0 Å². The Labute approximate surface area is 137 Å². The number of hydrogen-bond acceptors (Lipinski definition) is 5. The molecule has 4 rings (SSSR count). The lowest BCUT2D eigenvalue weighted by atomic mass is 9.92. The lowest BCUT2D eigenvalue weighted by molar-refractivity contribution is 0.663. The first-order valence-electron chi connectivity index (χ1n) is 8.41. The molecule has 0 unspecified atom stereocenters. The maximum absolute atomic E-state index is 4.86. The van der Waals surface area contributed by atoms with E-state index in [0.29, 0.717) is 0 Å². The van der Waals surface area contributed by atoms with Crippen molar-refractivity contribution in [3.63, 3.8) is 0 Å². The van der Waals surface area contributed by atoms with Crippen molar-refractivity contribution in [2.24, 2.45) is 0 Å². The van der Waals surface area contributed by atoms with Crippen LogP contribution in [-0.4, -0.2) is 42.6 Å². The molecular formula is C18H23N5. The van der Waals surface area contributed by atoms with Crippen LogP contribution >= 0.6 is 0 Å². The van der Waals surface area contributed by atoms with Crippen molar-refractivity contribution >= 4 is 11.8 Å². The van der Waals surface area contributed by atoms with Gasteiger partial charge >= 0.3 is 0 Å². The van der Waals surface area contributed by atoms with Crippen LogP contribution in [0.1, 0.15) is 29.7 Å². The first kappa shape index (κ1) is 14.4. The minimum atomic E-state index is 0.804. The fourth-order valence-corrected chi connectivity index (χ4v) is 3.57. The van der Waals surface area contributed by atoms with E-state index < -0.39 is 0 Å². The minimum Gasteiger partial charge on any atom is -0.359 e. The Morgan fingerprint density at radius 2 is 1.91 bits per heavy atom. The highest BCUT2D eigenvalue weighted by atomic mass is 15.2. The monoisotopic (exact) mass is 309 g/mol. The van der Waals surface area contributed by atoms with Crippen LogP contribution in [0.4, 0.5) is 11.8 Å². The van der Waals surface area contributed by atoms with Gasteiger partial charge in [-0.1, -0.05) is 0 Å². The second-order valence-electron chi connectivity index (χ2n) is 6.78. The van der Waals surface area contributed by atoms with E-state index in [9.17, 15) is 0 Å². The summed E-state index contributed by atoms with van der Waals surface area (Å²) in [6, 6.07) is 2.28. The Kier molecular flexibility index (Phi) is 3.43. The van der Waals surface area contributed by atoms with Crippen molar-refractivity contribution in [2.75, 3.05) is 37.5 Å². The summed E-state index contributed by atoms with van der Waals surface area (Å²) in [5, 5.41) is 0. The van der Waals surface area contributed by atoms with Crippen LogP contribution in [0.5, 0.6) is 0 Å². The van der Waals surface area contributed by atoms with Gasteiger partial charge in [0.1, 0.15) is 5.82 Å². The summed E-state index contributed by atoms with van der Waals surface area (Å²) in [6.07, 6.45) is 7.65. The average Bonchev–Trinajstić information content (AvgIpc) is 2.94. The number of nitrogens with zero attached hydrogens (tertiary/aromatic N) is 5. The van der Waals surface area contributed by atoms with E-state index in [1.807, 2.05) is 25.2 Å². The molecule has 5 nitrogen and oxygen atoms in total. The summed E-state index contributed by atoms with van der Waals surface area (Å²) in [6.45, 7) is 1.05. The van der Waals surface area contributed by atoms with Gasteiger partial charge in [-0.05, 0) is 43.7 Å². The van der Waals surface area contributed by atoms with Crippen molar-refractivity contribution in [2.45, 2.75) is 32.1 Å². The highest BCUT2D eigenvalue weighted by Gasteiger charge is 2.22. The van der Waals surface area contributed by atoms with Gasteiger partial charge in [-0.3, -0.25) is 0 Å². The van der Waals surface area contributed by atoms with Gasteiger partial charge in [0.05, 0.1) is 5.69 Å². The van der Waals surface area contributed by atoms with Gasteiger partial charge in [0.15, 0.2) is 0 Å². The molecule has 1 aliphatic carbocycles. The van der Waals surface area contributed by atoms with E-state index in [1.165, 1.54) is 29.7 Å².